The van der Waals surface area contributed by atoms with E-state index in [1.165, 1.54) is 5.01 Å². The quantitative estimate of drug-likeness (QED) is 0.623. The Balaban J connectivity index is 1.70. The van der Waals surface area contributed by atoms with Crippen molar-refractivity contribution in [1.82, 2.24) is 15.3 Å². The maximum absolute atomic E-state index is 12.8. The summed E-state index contributed by atoms with van der Waals surface area (Å²) in [5.41, 5.74) is 0.937. The van der Waals surface area contributed by atoms with Crippen LogP contribution in [0, 0.1) is 0 Å². The maximum atomic E-state index is 12.8. The third kappa shape index (κ3) is 4.08. The van der Waals surface area contributed by atoms with Crippen LogP contribution in [-0.2, 0) is 25.6 Å². The molecule has 9 heteroatoms. The molecule has 144 valence electrons. The van der Waals surface area contributed by atoms with Crippen LogP contribution in [0.1, 0.15) is 24.8 Å². The lowest BCUT2D eigenvalue weighted by atomic mass is 10.1. The van der Waals surface area contributed by atoms with Gasteiger partial charge in [-0.1, -0.05) is 30.3 Å². The number of aliphatic carboxylic acids is 1. The summed E-state index contributed by atoms with van der Waals surface area (Å²) in [5, 5.41) is 13.5. The summed E-state index contributed by atoms with van der Waals surface area (Å²) in [5.74, 6) is -2.47. The fourth-order valence-corrected chi connectivity index (χ4v) is 3.69. The molecule has 2 saturated heterocycles. The lowest BCUT2D eigenvalue weighted by molar-refractivity contribution is -0.166. The monoisotopic (exact) mass is 391 g/mol. The number of carboxylic acids is 1. The third-order valence-electron chi connectivity index (χ3n) is 4.80. The molecule has 0 unspecified atom stereocenters. The zero-order valence-electron chi connectivity index (χ0n) is 14.6. The van der Waals surface area contributed by atoms with E-state index in [0.717, 1.165) is 10.6 Å². The van der Waals surface area contributed by atoms with Gasteiger partial charge in [0.05, 0.1) is 5.25 Å². The van der Waals surface area contributed by atoms with E-state index in [-0.39, 0.29) is 31.7 Å². The van der Waals surface area contributed by atoms with Crippen molar-refractivity contribution in [2.45, 2.75) is 43.0 Å². The molecule has 2 heterocycles. The first-order valence-electron chi connectivity index (χ1n) is 8.77. The Labute approximate surface area is 161 Å². The molecule has 27 heavy (non-hydrogen) atoms. The summed E-state index contributed by atoms with van der Waals surface area (Å²) < 4.78 is 0. The highest BCUT2D eigenvalue weighted by atomic mass is 32.1. The summed E-state index contributed by atoms with van der Waals surface area (Å²) in [6, 6.07) is 7.33. The SMILES string of the molecule is O=C(N[C@H]1CCC(=O)N2CC[C@@H](C(=O)O)N2C1=O)[C@@H](S)Cc1ccccc1. The molecule has 0 aliphatic carbocycles. The van der Waals surface area contributed by atoms with Gasteiger partial charge in [0.25, 0.3) is 5.91 Å². The van der Waals surface area contributed by atoms with Crippen LogP contribution in [0.3, 0.4) is 0 Å². The number of hydrogen-bond acceptors (Lipinski definition) is 5. The minimum absolute atomic E-state index is 0.0649. The maximum Gasteiger partial charge on any atom is 0.328 e. The largest absolute Gasteiger partial charge is 0.480 e. The molecule has 0 spiro atoms. The molecule has 1 aromatic carbocycles. The van der Waals surface area contributed by atoms with Gasteiger partial charge in [-0.2, -0.15) is 12.6 Å². The van der Waals surface area contributed by atoms with E-state index in [1.54, 1.807) is 0 Å². The van der Waals surface area contributed by atoms with Gasteiger partial charge in [0.15, 0.2) is 6.04 Å². The minimum atomic E-state index is -1.17. The Morgan fingerprint density at radius 2 is 1.93 bits per heavy atom. The standard InChI is InChI=1S/C18H21N3O5S/c22-15-7-6-12(17(24)21-13(18(25)26)8-9-20(15)21)19-16(23)14(27)10-11-4-2-1-3-5-11/h1-5,12-14,27H,6-10H2,(H,19,23)(H,25,26)/t12-,13-,14-/m0/s1. The number of fused-ring (bicyclic) bond motifs is 1. The Bertz CT molecular complexity index is 757. The number of carbonyl (C=O) groups is 4. The van der Waals surface area contributed by atoms with Gasteiger partial charge in [-0.3, -0.25) is 19.4 Å². The molecule has 2 fully saturated rings. The van der Waals surface area contributed by atoms with Gasteiger partial charge in [0.2, 0.25) is 11.8 Å². The van der Waals surface area contributed by atoms with Crippen molar-refractivity contribution in [2.24, 2.45) is 0 Å². The fraction of sp³-hybridized carbons (Fsp3) is 0.444. The first kappa shape index (κ1) is 19.2. The molecule has 3 amide bonds. The fourth-order valence-electron chi connectivity index (χ4n) is 3.40. The zero-order valence-corrected chi connectivity index (χ0v) is 15.5. The molecule has 0 saturated carbocycles. The Kier molecular flexibility index (Phi) is 5.69. The first-order chi connectivity index (χ1) is 12.9. The molecule has 1 aromatic rings. The molecular weight excluding hydrogens is 370 g/mol. The number of nitrogens with one attached hydrogen (secondary N) is 1. The van der Waals surface area contributed by atoms with Gasteiger partial charge in [0.1, 0.15) is 6.04 Å². The number of amides is 3. The van der Waals surface area contributed by atoms with Crippen molar-refractivity contribution in [3.05, 3.63) is 35.9 Å². The number of nitrogens with zero attached hydrogens (tertiary/aromatic N) is 2. The van der Waals surface area contributed by atoms with E-state index in [0.29, 0.717) is 6.42 Å². The van der Waals surface area contributed by atoms with Crippen molar-refractivity contribution in [3.8, 4) is 0 Å². The van der Waals surface area contributed by atoms with E-state index in [1.807, 2.05) is 30.3 Å². The number of carboxylic acid groups (broad SMARTS) is 1. The molecule has 0 bridgehead atoms. The molecule has 3 rings (SSSR count). The number of hydrazine groups is 1. The highest BCUT2D eigenvalue weighted by molar-refractivity contribution is 7.81. The third-order valence-corrected chi connectivity index (χ3v) is 5.22. The number of carbonyl (C=O) groups excluding carboxylic acids is 3. The van der Waals surface area contributed by atoms with Gasteiger partial charge >= 0.3 is 5.97 Å². The summed E-state index contributed by atoms with van der Waals surface area (Å²) in [6.45, 7) is 0.186. The van der Waals surface area contributed by atoms with E-state index >= 15 is 0 Å². The molecule has 2 N–H and O–H groups in total. The zero-order chi connectivity index (χ0) is 19.6. The number of rotatable bonds is 5. The van der Waals surface area contributed by atoms with Crippen LogP contribution < -0.4 is 5.32 Å². The Hall–Kier alpha value is -2.55. The van der Waals surface area contributed by atoms with E-state index in [9.17, 15) is 24.3 Å². The number of hydrogen-bond donors (Lipinski definition) is 3. The second kappa shape index (κ2) is 7.99. The molecule has 3 atom stereocenters. The van der Waals surface area contributed by atoms with E-state index in [2.05, 4.69) is 17.9 Å². The molecular formula is C18H21N3O5S. The number of thiol groups is 1. The summed E-state index contributed by atoms with van der Waals surface area (Å²) in [4.78, 5) is 49.0. The second-order valence-electron chi connectivity index (χ2n) is 6.65. The van der Waals surface area contributed by atoms with Crippen LogP contribution in [-0.4, -0.2) is 62.7 Å². The Morgan fingerprint density at radius 3 is 2.59 bits per heavy atom. The first-order valence-corrected chi connectivity index (χ1v) is 9.28. The van der Waals surface area contributed by atoms with Crippen molar-refractivity contribution in [1.29, 1.82) is 0 Å². The predicted molar refractivity (Wildman–Crippen MR) is 98.7 cm³/mol. The highest BCUT2D eigenvalue weighted by Crippen LogP contribution is 2.25. The average molecular weight is 391 g/mol. The molecule has 2 aliphatic heterocycles. The van der Waals surface area contributed by atoms with Crippen LogP contribution in [0.25, 0.3) is 0 Å². The lowest BCUT2D eigenvalue weighted by Gasteiger charge is -2.30. The van der Waals surface area contributed by atoms with Crippen molar-refractivity contribution >= 4 is 36.3 Å². The van der Waals surface area contributed by atoms with Gasteiger partial charge < -0.3 is 10.4 Å². The van der Waals surface area contributed by atoms with Crippen LogP contribution in [0.15, 0.2) is 30.3 Å². The minimum Gasteiger partial charge on any atom is -0.480 e. The van der Waals surface area contributed by atoms with Crippen molar-refractivity contribution in [3.63, 3.8) is 0 Å². The van der Waals surface area contributed by atoms with Crippen LogP contribution >= 0.6 is 12.6 Å². The van der Waals surface area contributed by atoms with Crippen molar-refractivity contribution < 1.29 is 24.3 Å². The molecule has 2 aliphatic rings. The normalized spacial score (nSPS) is 23.6. The lowest BCUT2D eigenvalue weighted by Crippen LogP contribution is -2.55. The van der Waals surface area contributed by atoms with Crippen LogP contribution in [0.2, 0.25) is 0 Å². The summed E-state index contributed by atoms with van der Waals surface area (Å²) in [6.07, 6.45) is 0.768. The van der Waals surface area contributed by atoms with Crippen LogP contribution in [0.4, 0.5) is 0 Å². The number of benzene rings is 1. The van der Waals surface area contributed by atoms with Gasteiger partial charge in [-0.05, 0) is 18.4 Å². The van der Waals surface area contributed by atoms with Gasteiger partial charge in [-0.25, -0.2) is 9.80 Å². The van der Waals surface area contributed by atoms with Crippen LogP contribution in [0.5, 0.6) is 0 Å². The highest BCUT2D eigenvalue weighted by Gasteiger charge is 2.46. The van der Waals surface area contributed by atoms with Crippen molar-refractivity contribution in [2.75, 3.05) is 6.54 Å². The Morgan fingerprint density at radius 1 is 1.22 bits per heavy atom. The predicted octanol–water partition coefficient (Wildman–Crippen LogP) is 0.235. The van der Waals surface area contributed by atoms with E-state index < -0.39 is 35.1 Å². The summed E-state index contributed by atoms with van der Waals surface area (Å²) in [7, 11) is 0. The van der Waals surface area contributed by atoms with Gasteiger partial charge in [0, 0.05) is 19.4 Å². The van der Waals surface area contributed by atoms with E-state index in [4.69, 9.17) is 0 Å². The molecule has 0 aromatic heterocycles. The van der Waals surface area contributed by atoms with Gasteiger partial charge in [-0.15, -0.1) is 0 Å². The summed E-state index contributed by atoms with van der Waals surface area (Å²) >= 11 is 4.33. The molecule has 8 nitrogen and oxygen atoms in total. The second-order valence-corrected chi connectivity index (χ2v) is 7.27. The topological polar surface area (TPSA) is 107 Å². The molecule has 0 radical (unpaired) electrons. The average Bonchev–Trinajstić information content (AvgIpc) is 3.06. The smallest absolute Gasteiger partial charge is 0.328 e.